The molecule has 1 aromatic heterocycles. The van der Waals surface area contributed by atoms with E-state index < -0.39 is 36.3 Å². The number of ether oxygens (including phenoxy) is 1. The Kier molecular flexibility index (Phi) is 5.30. The van der Waals surface area contributed by atoms with Crippen molar-refractivity contribution in [1.82, 2.24) is 15.1 Å². The average molecular weight is 357 g/mol. The number of halogens is 3. The second-order valence-corrected chi connectivity index (χ2v) is 5.01. The van der Waals surface area contributed by atoms with E-state index in [1.165, 1.54) is 31.4 Å². The average Bonchev–Trinajstić information content (AvgIpc) is 3.01. The van der Waals surface area contributed by atoms with Gasteiger partial charge in [-0.2, -0.15) is 18.3 Å². The van der Waals surface area contributed by atoms with E-state index in [-0.39, 0.29) is 5.56 Å². The van der Waals surface area contributed by atoms with Crippen molar-refractivity contribution >= 4 is 11.9 Å². The zero-order chi connectivity index (χ0) is 18.6. The van der Waals surface area contributed by atoms with Crippen molar-refractivity contribution in [3.8, 4) is 5.75 Å². The van der Waals surface area contributed by atoms with Crippen LogP contribution in [-0.2, 0) is 22.3 Å². The smallest absolute Gasteiger partial charge is 0.435 e. The highest BCUT2D eigenvalue weighted by atomic mass is 19.4. The molecule has 7 nitrogen and oxygen atoms in total. The lowest BCUT2D eigenvalue weighted by Crippen LogP contribution is -2.36. The van der Waals surface area contributed by atoms with E-state index in [1.807, 2.05) is 0 Å². The largest absolute Gasteiger partial charge is 0.497 e. The second kappa shape index (κ2) is 7.24. The highest BCUT2D eigenvalue weighted by Crippen LogP contribution is 2.27. The van der Waals surface area contributed by atoms with Gasteiger partial charge in [-0.25, -0.2) is 4.79 Å². The summed E-state index contributed by atoms with van der Waals surface area (Å²) in [7, 11) is 1.45. The third-order valence-electron chi connectivity index (χ3n) is 3.24. The first-order valence-corrected chi connectivity index (χ1v) is 6.97. The van der Waals surface area contributed by atoms with Crippen LogP contribution in [-0.4, -0.2) is 33.9 Å². The lowest BCUT2D eigenvalue weighted by Gasteiger charge is -2.15. The molecule has 0 aliphatic carbocycles. The van der Waals surface area contributed by atoms with E-state index in [2.05, 4.69) is 10.4 Å². The van der Waals surface area contributed by atoms with Crippen LogP contribution in [0.25, 0.3) is 0 Å². The summed E-state index contributed by atoms with van der Waals surface area (Å²) < 4.78 is 43.2. The quantitative estimate of drug-likeness (QED) is 0.823. The molecule has 0 spiro atoms. The van der Waals surface area contributed by atoms with Crippen molar-refractivity contribution in [2.45, 2.75) is 18.8 Å². The Hall–Kier alpha value is -3.04. The van der Waals surface area contributed by atoms with E-state index in [0.717, 1.165) is 16.9 Å². The number of carbonyl (C=O) groups is 2. The predicted molar refractivity (Wildman–Crippen MR) is 78.7 cm³/mol. The van der Waals surface area contributed by atoms with Crippen LogP contribution >= 0.6 is 0 Å². The third-order valence-corrected chi connectivity index (χ3v) is 3.24. The Morgan fingerprint density at radius 2 is 1.92 bits per heavy atom. The van der Waals surface area contributed by atoms with E-state index in [1.54, 1.807) is 0 Å². The van der Waals surface area contributed by atoms with Gasteiger partial charge in [0.25, 0.3) is 0 Å². The number of nitrogens with one attached hydrogen (secondary N) is 1. The molecule has 1 unspecified atom stereocenters. The lowest BCUT2D eigenvalue weighted by molar-refractivity contribution is -0.142. The molecule has 0 fully saturated rings. The predicted octanol–water partition coefficient (Wildman–Crippen LogP) is 1.85. The normalized spacial score (nSPS) is 12.5. The molecule has 1 aromatic carbocycles. The summed E-state index contributed by atoms with van der Waals surface area (Å²) in [5.74, 6) is -1.59. The molecule has 0 radical (unpaired) electrons. The SMILES string of the molecule is COc1ccc(C(NC(=O)Cn2ccc(C(F)(F)F)n2)C(=O)O)cc1. The Bertz CT molecular complexity index is 756. The maximum atomic E-state index is 12.5. The molecule has 134 valence electrons. The summed E-state index contributed by atoms with van der Waals surface area (Å²) in [5, 5.41) is 14.7. The number of hydrogen-bond donors (Lipinski definition) is 2. The molecule has 2 rings (SSSR count). The molecule has 0 aliphatic rings. The molecule has 0 aliphatic heterocycles. The monoisotopic (exact) mass is 357 g/mol. The van der Waals surface area contributed by atoms with Gasteiger partial charge in [0.2, 0.25) is 5.91 Å². The van der Waals surface area contributed by atoms with Crippen LogP contribution in [0.1, 0.15) is 17.3 Å². The van der Waals surface area contributed by atoms with Crippen LogP contribution < -0.4 is 10.1 Å². The van der Waals surface area contributed by atoms with E-state index in [4.69, 9.17) is 4.74 Å². The summed E-state index contributed by atoms with van der Waals surface area (Å²) in [6.45, 7) is -0.546. The van der Waals surface area contributed by atoms with Crippen LogP contribution in [0.15, 0.2) is 36.5 Å². The van der Waals surface area contributed by atoms with Gasteiger partial charge < -0.3 is 15.2 Å². The molecule has 0 saturated heterocycles. The first-order valence-electron chi connectivity index (χ1n) is 6.97. The number of hydrogen-bond acceptors (Lipinski definition) is 4. The number of aromatic nitrogens is 2. The highest BCUT2D eigenvalue weighted by Gasteiger charge is 2.33. The van der Waals surface area contributed by atoms with Crippen LogP contribution in [0.3, 0.4) is 0 Å². The van der Waals surface area contributed by atoms with Gasteiger partial charge >= 0.3 is 12.1 Å². The fourth-order valence-corrected chi connectivity index (χ4v) is 2.04. The maximum Gasteiger partial charge on any atom is 0.435 e. The van der Waals surface area contributed by atoms with Gasteiger partial charge in [-0.15, -0.1) is 0 Å². The van der Waals surface area contributed by atoms with Crippen LogP contribution in [0, 0.1) is 0 Å². The molecule has 10 heteroatoms. The molecule has 0 bridgehead atoms. The summed E-state index contributed by atoms with van der Waals surface area (Å²) in [4.78, 5) is 23.3. The fourth-order valence-electron chi connectivity index (χ4n) is 2.04. The number of carboxylic acid groups (broad SMARTS) is 1. The molecular weight excluding hydrogens is 343 g/mol. The van der Waals surface area contributed by atoms with Crippen molar-refractivity contribution in [2.75, 3.05) is 7.11 Å². The summed E-state index contributed by atoms with van der Waals surface area (Å²) in [5.41, 5.74) is -0.844. The first kappa shape index (κ1) is 18.3. The Labute approximate surface area is 140 Å². The summed E-state index contributed by atoms with van der Waals surface area (Å²) in [6.07, 6.45) is -3.63. The first-order chi connectivity index (χ1) is 11.7. The summed E-state index contributed by atoms with van der Waals surface area (Å²) in [6, 6.07) is 5.37. The molecular formula is C15H14F3N3O4. The van der Waals surface area contributed by atoms with E-state index in [0.29, 0.717) is 5.75 Å². The Balaban J connectivity index is 2.07. The molecule has 2 N–H and O–H groups in total. The molecule has 1 atom stereocenters. The van der Waals surface area contributed by atoms with Crippen molar-refractivity contribution in [2.24, 2.45) is 0 Å². The number of rotatable bonds is 6. The van der Waals surface area contributed by atoms with Gasteiger partial charge in [-0.05, 0) is 23.8 Å². The van der Waals surface area contributed by atoms with Gasteiger partial charge in [-0.3, -0.25) is 9.48 Å². The zero-order valence-corrected chi connectivity index (χ0v) is 12.9. The summed E-state index contributed by atoms with van der Waals surface area (Å²) >= 11 is 0. The van der Waals surface area contributed by atoms with Gasteiger partial charge in [0.05, 0.1) is 7.11 Å². The maximum absolute atomic E-state index is 12.5. The lowest BCUT2D eigenvalue weighted by atomic mass is 10.1. The number of carbonyl (C=O) groups excluding carboxylic acids is 1. The molecule has 1 amide bonds. The standard InChI is InChI=1S/C15H14F3N3O4/c1-25-10-4-2-9(3-5-10)13(14(23)24)19-12(22)8-21-7-6-11(20-21)15(16,17)18/h2-7,13H,8H2,1H3,(H,19,22)(H,23,24). The van der Waals surface area contributed by atoms with Crippen LogP contribution in [0.2, 0.25) is 0 Å². The number of methoxy groups -OCH3 is 1. The minimum absolute atomic E-state index is 0.290. The van der Waals surface area contributed by atoms with Crippen molar-refractivity contribution in [3.63, 3.8) is 0 Å². The molecule has 1 heterocycles. The van der Waals surface area contributed by atoms with E-state index >= 15 is 0 Å². The number of aliphatic carboxylic acids is 1. The van der Waals surface area contributed by atoms with Crippen molar-refractivity contribution in [1.29, 1.82) is 0 Å². The molecule has 2 aromatic rings. The van der Waals surface area contributed by atoms with E-state index in [9.17, 15) is 27.9 Å². The Morgan fingerprint density at radius 3 is 2.40 bits per heavy atom. The molecule has 0 saturated carbocycles. The number of benzene rings is 1. The fraction of sp³-hybridized carbons (Fsp3) is 0.267. The second-order valence-electron chi connectivity index (χ2n) is 5.01. The minimum atomic E-state index is -4.62. The number of nitrogens with zero attached hydrogens (tertiary/aromatic N) is 2. The highest BCUT2D eigenvalue weighted by molar-refractivity contribution is 5.84. The number of alkyl halides is 3. The number of amides is 1. The van der Waals surface area contributed by atoms with Gasteiger partial charge in [-0.1, -0.05) is 12.1 Å². The van der Waals surface area contributed by atoms with Gasteiger partial charge in [0.1, 0.15) is 12.3 Å². The van der Waals surface area contributed by atoms with Gasteiger partial charge in [0.15, 0.2) is 11.7 Å². The van der Waals surface area contributed by atoms with Crippen molar-refractivity contribution < 1.29 is 32.6 Å². The van der Waals surface area contributed by atoms with Crippen LogP contribution in [0.4, 0.5) is 13.2 Å². The third kappa shape index (κ3) is 4.72. The minimum Gasteiger partial charge on any atom is -0.497 e. The van der Waals surface area contributed by atoms with Crippen LogP contribution in [0.5, 0.6) is 5.75 Å². The van der Waals surface area contributed by atoms with Crippen molar-refractivity contribution in [3.05, 3.63) is 47.8 Å². The topological polar surface area (TPSA) is 93.5 Å². The molecule has 25 heavy (non-hydrogen) atoms. The Morgan fingerprint density at radius 1 is 1.28 bits per heavy atom. The number of carboxylic acids is 1. The van der Waals surface area contributed by atoms with Gasteiger partial charge in [0, 0.05) is 6.20 Å². The zero-order valence-electron chi connectivity index (χ0n) is 12.9.